The van der Waals surface area contributed by atoms with E-state index in [9.17, 15) is 37.5 Å². The number of anilines is 1. The Hall–Kier alpha value is -3.84. The van der Waals surface area contributed by atoms with Gasteiger partial charge >= 0.3 is 18.1 Å². The highest BCUT2D eigenvalue weighted by molar-refractivity contribution is 8.01. The number of ether oxygens (including phenoxy) is 2. The van der Waals surface area contributed by atoms with Crippen LogP contribution in [0, 0.1) is 0 Å². The number of tetrazole rings is 1. The first-order chi connectivity index (χ1) is 18.8. The number of β-lactam (4-membered cyclic amide) rings is 1. The number of esters is 1. The van der Waals surface area contributed by atoms with Crippen molar-refractivity contribution in [2.24, 2.45) is 7.05 Å². The second-order valence-electron chi connectivity index (χ2n) is 8.38. The van der Waals surface area contributed by atoms with Crippen molar-refractivity contribution in [2.75, 3.05) is 24.3 Å². The monoisotopic (exact) mass is 603 g/mol. The number of carbonyl (C=O) groups is 4. The predicted octanol–water partition coefficient (Wildman–Crippen LogP) is 0.307. The molecule has 0 unspecified atom stereocenters. The molecule has 0 spiro atoms. The number of hydrogen-bond donors (Lipinski definition) is 3. The number of carboxylic acid groups (broad SMARTS) is 1. The lowest BCUT2D eigenvalue weighted by Gasteiger charge is -2.55. The van der Waals surface area contributed by atoms with Gasteiger partial charge in [0, 0.05) is 37.4 Å². The average Bonchev–Trinajstić information content (AvgIpc) is 3.30. The lowest BCUT2D eigenvalue weighted by Crippen LogP contribution is -2.80. The molecule has 4 rings (SSSR count). The fourth-order valence-electron chi connectivity index (χ4n) is 3.94. The SMILES string of the molecule is CO[C@@]1(NC(=O)Cc2ccc(OC(=O)C(F)(F)F)cc2N)C(=O)N2C(C(=O)O)=C(CSc3nnnn3C)CS[C@H]21. The number of thioether (sulfide) groups is 2. The first-order valence-corrected chi connectivity index (χ1v) is 13.1. The summed E-state index contributed by atoms with van der Waals surface area (Å²) >= 11 is 2.38. The number of rotatable bonds is 9. The highest BCUT2D eigenvalue weighted by atomic mass is 32.2. The van der Waals surface area contributed by atoms with Crippen LogP contribution in [-0.4, -0.2) is 89.9 Å². The quantitative estimate of drug-likeness (QED) is 0.0887. The number of methoxy groups -OCH3 is 1. The third-order valence-corrected chi connectivity index (χ3v) is 8.30. The van der Waals surface area contributed by atoms with Crippen LogP contribution >= 0.6 is 23.5 Å². The highest BCUT2D eigenvalue weighted by Crippen LogP contribution is 2.47. The van der Waals surface area contributed by atoms with Crippen LogP contribution < -0.4 is 15.8 Å². The second-order valence-corrected chi connectivity index (χ2v) is 10.4. The van der Waals surface area contributed by atoms with Gasteiger partial charge in [-0.2, -0.15) is 13.2 Å². The van der Waals surface area contributed by atoms with E-state index in [1.165, 1.54) is 41.4 Å². The van der Waals surface area contributed by atoms with Crippen LogP contribution in [0.15, 0.2) is 34.6 Å². The molecule has 0 radical (unpaired) electrons. The standard InChI is InChI=1S/C21H20F3N7O7S2/c1-30-19(27-28-29-30)40-8-10-7-39-17-20(37-2,16(35)31(17)14(10)15(33)34)26-13(32)5-9-3-4-11(6-12(9)25)38-18(36)21(22,23)24/h3-4,6,17H,5,7-8,25H2,1-2H3,(H,26,32)(H,33,34)/t17-,20-/m0/s1. The molecule has 2 atom stereocenters. The Morgan fingerprint density at radius 3 is 2.65 bits per heavy atom. The Morgan fingerprint density at radius 1 is 1.35 bits per heavy atom. The molecule has 2 amide bonds. The van der Waals surface area contributed by atoms with E-state index in [4.69, 9.17) is 10.5 Å². The minimum atomic E-state index is -5.20. The van der Waals surface area contributed by atoms with Gasteiger partial charge in [-0.15, -0.1) is 16.9 Å². The minimum Gasteiger partial charge on any atom is -0.477 e. The summed E-state index contributed by atoms with van der Waals surface area (Å²) in [6, 6.07) is 3.17. The molecule has 1 aromatic carbocycles. The molecule has 40 heavy (non-hydrogen) atoms. The molecule has 2 aliphatic heterocycles. The van der Waals surface area contributed by atoms with Gasteiger partial charge in [-0.1, -0.05) is 17.8 Å². The van der Waals surface area contributed by atoms with E-state index in [1.54, 1.807) is 7.05 Å². The number of benzene rings is 1. The normalized spacial score (nSPS) is 20.6. The van der Waals surface area contributed by atoms with Gasteiger partial charge in [0.1, 0.15) is 16.8 Å². The number of aliphatic carboxylic acids is 1. The highest BCUT2D eigenvalue weighted by Gasteiger charge is 2.66. The van der Waals surface area contributed by atoms with Crippen LogP contribution in [0.4, 0.5) is 18.9 Å². The number of carboxylic acids is 1. The van der Waals surface area contributed by atoms with Crippen molar-refractivity contribution < 1.29 is 46.9 Å². The first kappa shape index (κ1) is 29.2. The molecule has 3 heterocycles. The third-order valence-electron chi connectivity index (χ3n) is 5.83. The smallest absolute Gasteiger partial charge is 0.477 e. The van der Waals surface area contributed by atoms with E-state index in [-0.39, 0.29) is 28.5 Å². The second kappa shape index (κ2) is 11.0. The van der Waals surface area contributed by atoms with Gasteiger partial charge in [0.05, 0.1) is 6.42 Å². The molecular weight excluding hydrogens is 583 g/mol. The number of nitrogens with zero attached hydrogens (tertiary/aromatic N) is 5. The van der Waals surface area contributed by atoms with E-state index >= 15 is 0 Å². The molecular formula is C21H20F3N7O7S2. The van der Waals surface area contributed by atoms with Crippen molar-refractivity contribution in [3.05, 3.63) is 35.0 Å². The zero-order chi connectivity index (χ0) is 29.4. The van der Waals surface area contributed by atoms with E-state index in [2.05, 4.69) is 25.6 Å². The number of carbonyl (C=O) groups excluding carboxylic acids is 3. The molecule has 4 N–H and O–H groups in total. The van der Waals surface area contributed by atoms with E-state index in [0.29, 0.717) is 10.7 Å². The lowest BCUT2D eigenvalue weighted by molar-refractivity contribution is -0.192. The largest absolute Gasteiger partial charge is 0.491 e. The number of fused-ring (bicyclic) bond motifs is 1. The number of amides is 2. The van der Waals surface area contributed by atoms with Gasteiger partial charge in [-0.3, -0.25) is 14.5 Å². The van der Waals surface area contributed by atoms with Crippen LogP contribution in [0.1, 0.15) is 5.56 Å². The maximum atomic E-state index is 13.2. The Bertz CT molecular complexity index is 1420. The summed E-state index contributed by atoms with van der Waals surface area (Å²) in [5.41, 5.74) is 4.20. The molecule has 2 aromatic rings. The number of alkyl halides is 3. The molecule has 0 saturated carbocycles. The third kappa shape index (κ3) is 5.43. The fraction of sp³-hybridized carbons (Fsp3) is 0.381. The Kier molecular flexibility index (Phi) is 7.99. The van der Waals surface area contributed by atoms with Crippen LogP contribution in [0.5, 0.6) is 5.75 Å². The maximum absolute atomic E-state index is 13.2. The van der Waals surface area contributed by atoms with E-state index in [1.807, 2.05) is 0 Å². The Labute approximate surface area is 231 Å². The summed E-state index contributed by atoms with van der Waals surface area (Å²) in [6.07, 6.45) is -5.62. The number of halogens is 3. The van der Waals surface area contributed by atoms with E-state index in [0.717, 1.165) is 17.0 Å². The van der Waals surface area contributed by atoms with Crippen molar-refractivity contribution in [2.45, 2.75) is 28.9 Å². The predicted molar refractivity (Wildman–Crippen MR) is 131 cm³/mol. The number of nitrogens with one attached hydrogen (secondary N) is 1. The Balaban J connectivity index is 1.46. The number of aryl methyl sites for hydroxylation is 1. The summed E-state index contributed by atoms with van der Waals surface area (Å²) in [7, 11) is 2.81. The molecule has 0 aliphatic carbocycles. The molecule has 1 saturated heterocycles. The summed E-state index contributed by atoms with van der Waals surface area (Å²) in [5.74, 6) is -5.37. The Morgan fingerprint density at radius 2 is 2.08 bits per heavy atom. The van der Waals surface area contributed by atoms with Gasteiger partial charge < -0.3 is 25.6 Å². The van der Waals surface area contributed by atoms with E-state index < -0.39 is 53.2 Å². The summed E-state index contributed by atoms with van der Waals surface area (Å²) < 4.78 is 48.3. The van der Waals surface area contributed by atoms with Crippen LogP contribution in [0.3, 0.4) is 0 Å². The maximum Gasteiger partial charge on any atom is 0.491 e. The zero-order valence-corrected chi connectivity index (χ0v) is 22.2. The van der Waals surface area contributed by atoms with Crippen LogP contribution in [0.2, 0.25) is 0 Å². The molecule has 1 fully saturated rings. The zero-order valence-electron chi connectivity index (χ0n) is 20.6. The van der Waals surface area contributed by atoms with Gasteiger partial charge in [-0.05, 0) is 27.6 Å². The van der Waals surface area contributed by atoms with Crippen molar-refractivity contribution in [3.8, 4) is 5.75 Å². The fourth-order valence-corrected chi connectivity index (χ4v) is 6.36. The summed E-state index contributed by atoms with van der Waals surface area (Å²) in [5, 5.41) is 23.0. The van der Waals surface area contributed by atoms with Gasteiger partial charge in [-0.25, -0.2) is 14.3 Å². The molecule has 1 aromatic heterocycles. The topological polar surface area (TPSA) is 192 Å². The molecule has 0 bridgehead atoms. The number of nitrogens with two attached hydrogens (primary N) is 1. The van der Waals surface area contributed by atoms with Crippen LogP contribution in [-0.2, 0) is 37.4 Å². The molecule has 214 valence electrons. The number of hydrogen-bond acceptors (Lipinski definition) is 12. The summed E-state index contributed by atoms with van der Waals surface area (Å²) in [4.78, 5) is 50.3. The summed E-state index contributed by atoms with van der Waals surface area (Å²) in [6.45, 7) is 0. The molecule has 19 heteroatoms. The van der Waals surface area contributed by atoms with Crippen LogP contribution in [0.25, 0.3) is 0 Å². The lowest BCUT2D eigenvalue weighted by atomic mass is 9.97. The van der Waals surface area contributed by atoms with Crippen molar-refractivity contribution in [3.63, 3.8) is 0 Å². The van der Waals surface area contributed by atoms with Gasteiger partial charge in [0.15, 0.2) is 0 Å². The first-order valence-electron chi connectivity index (χ1n) is 11.1. The van der Waals surface area contributed by atoms with Crippen molar-refractivity contribution in [1.29, 1.82) is 0 Å². The van der Waals surface area contributed by atoms with Crippen molar-refractivity contribution >= 4 is 53.0 Å². The van der Waals surface area contributed by atoms with Crippen molar-refractivity contribution in [1.82, 2.24) is 30.4 Å². The molecule has 14 nitrogen and oxygen atoms in total. The average molecular weight is 604 g/mol. The molecule has 2 aliphatic rings. The van der Waals surface area contributed by atoms with Gasteiger partial charge in [0.25, 0.3) is 11.6 Å². The number of nitrogen functional groups attached to an aromatic ring is 1. The number of aromatic nitrogens is 4. The minimum absolute atomic E-state index is 0.140. The van der Waals surface area contributed by atoms with Gasteiger partial charge in [0.2, 0.25) is 11.1 Å².